The molecule has 2 atom stereocenters. The lowest BCUT2D eigenvalue weighted by Gasteiger charge is -2.27. The molecule has 0 amide bonds. The first-order chi connectivity index (χ1) is 8.03. The number of ether oxygens (including phenoxy) is 1. The molecule has 1 saturated heterocycles. The SMILES string of the molecule is CC(F)(c1ccccc1C(=O)O)C1CCOC1. The molecule has 1 fully saturated rings. The van der Waals surface area contributed by atoms with Crippen molar-refractivity contribution in [3.05, 3.63) is 35.4 Å². The summed E-state index contributed by atoms with van der Waals surface area (Å²) in [5, 5.41) is 9.07. The molecule has 92 valence electrons. The topological polar surface area (TPSA) is 46.5 Å². The molecule has 0 spiro atoms. The first-order valence-corrected chi connectivity index (χ1v) is 5.63. The first-order valence-electron chi connectivity index (χ1n) is 5.63. The lowest BCUT2D eigenvalue weighted by molar-refractivity contribution is 0.0647. The van der Waals surface area contributed by atoms with Crippen LogP contribution in [0.1, 0.15) is 29.3 Å². The van der Waals surface area contributed by atoms with Gasteiger partial charge in [-0.25, -0.2) is 9.18 Å². The molecule has 1 aliphatic rings. The maximum Gasteiger partial charge on any atom is 0.336 e. The van der Waals surface area contributed by atoms with Crippen LogP contribution in [0.15, 0.2) is 24.3 Å². The van der Waals surface area contributed by atoms with Gasteiger partial charge >= 0.3 is 5.97 Å². The summed E-state index contributed by atoms with van der Waals surface area (Å²) in [7, 11) is 0. The fourth-order valence-electron chi connectivity index (χ4n) is 2.28. The zero-order chi connectivity index (χ0) is 12.5. The lowest BCUT2D eigenvalue weighted by Crippen LogP contribution is -2.29. The summed E-state index contributed by atoms with van der Waals surface area (Å²) < 4.78 is 20.0. The fourth-order valence-corrected chi connectivity index (χ4v) is 2.28. The molecule has 2 unspecified atom stereocenters. The van der Waals surface area contributed by atoms with Crippen LogP contribution in [0.2, 0.25) is 0 Å². The van der Waals surface area contributed by atoms with Crippen LogP contribution in [0.5, 0.6) is 0 Å². The van der Waals surface area contributed by atoms with E-state index >= 15 is 0 Å². The van der Waals surface area contributed by atoms with Gasteiger partial charge < -0.3 is 9.84 Å². The molecule has 1 heterocycles. The number of benzene rings is 1. The Morgan fingerprint density at radius 2 is 2.24 bits per heavy atom. The molecule has 1 aromatic rings. The van der Waals surface area contributed by atoms with E-state index in [4.69, 9.17) is 9.84 Å². The maximum absolute atomic E-state index is 14.8. The summed E-state index contributed by atoms with van der Waals surface area (Å²) in [6.07, 6.45) is 0.626. The van der Waals surface area contributed by atoms with E-state index in [0.717, 1.165) is 0 Å². The molecule has 0 radical (unpaired) electrons. The predicted molar refractivity (Wildman–Crippen MR) is 60.8 cm³/mol. The molecule has 17 heavy (non-hydrogen) atoms. The van der Waals surface area contributed by atoms with Crippen LogP contribution >= 0.6 is 0 Å². The number of halogens is 1. The van der Waals surface area contributed by atoms with Crippen LogP contribution in [0.3, 0.4) is 0 Å². The molecule has 3 nitrogen and oxygen atoms in total. The van der Waals surface area contributed by atoms with Gasteiger partial charge in [-0.05, 0) is 19.4 Å². The van der Waals surface area contributed by atoms with Crippen molar-refractivity contribution in [2.75, 3.05) is 13.2 Å². The smallest absolute Gasteiger partial charge is 0.336 e. The van der Waals surface area contributed by atoms with Crippen LogP contribution in [0.4, 0.5) is 4.39 Å². The Hall–Kier alpha value is -1.42. The highest BCUT2D eigenvalue weighted by Crippen LogP contribution is 2.39. The van der Waals surface area contributed by atoms with E-state index < -0.39 is 11.6 Å². The molecule has 0 saturated carbocycles. The van der Waals surface area contributed by atoms with Gasteiger partial charge in [0.25, 0.3) is 0 Å². The lowest BCUT2D eigenvalue weighted by atomic mass is 9.82. The van der Waals surface area contributed by atoms with Gasteiger partial charge in [0.15, 0.2) is 0 Å². The second-order valence-corrected chi connectivity index (χ2v) is 4.49. The van der Waals surface area contributed by atoms with Gasteiger partial charge in [-0.3, -0.25) is 0 Å². The Morgan fingerprint density at radius 3 is 2.82 bits per heavy atom. The molecular weight excluding hydrogens is 223 g/mol. The number of carboxylic acid groups (broad SMARTS) is 1. The number of aromatic carboxylic acids is 1. The number of carboxylic acids is 1. The van der Waals surface area contributed by atoms with Crippen molar-refractivity contribution in [3.63, 3.8) is 0 Å². The monoisotopic (exact) mass is 238 g/mol. The molecule has 0 bridgehead atoms. The van der Waals surface area contributed by atoms with Gasteiger partial charge in [-0.1, -0.05) is 18.2 Å². The van der Waals surface area contributed by atoms with Crippen molar-refractivity contribution in [2.45, 2.75) is 19.0 Å². The number of rotatable bonds is 3. The second-order valence-electron chi connectivity index (χ2n) is 4.49. The highest BCUT2D eigenvalue weighted by Gasteiger charge is 2.40. The molecule has 0 aromatic heterocycles. The van der Waals surface area contributed by atoms with Crippen molar-refractivity contribution >= 4 is 5.97 Å². The zero-order valence-electron chi connectivity index (χ0n) is 9.65. The number of hydrogen-bond acceptors (Lipinski definition) is 2. The third-order valence-electron chi connectivity index (χ3n) is 3.38. The highest BCUT2D eigenvalue weighted by molar-refractivity contribution is 5.89. The fraction of sp³-hybridized carbons (Fsp3) is 0.462. The third kappa shape index (κ3) is 2.17. The van der Waals surface area contributed by atoms with Crippen molar-refractivity contribution in [1.82, 2.24) is 0 Å². The zero-order valence-corrected chi connectivity index (χ0v) is 9.65. The van der Waals surface area contributed by atoms with Crippen LogP contribution in [-0.4, -0.2) is 24.3 Å². The van der Waals surface area contributed by atoms with Crippen LogP contribution in [0, 0.1) is 5.92 Å². The van der Waals surface area contributed by atoms with E-state index in [0.29, 0.717) is 19.6 Å². The molecule has 0 aliphatic carbocycles. The van der Waals surface area contributed by atoms with Crippen molar-refractivity contribution in [3.8, 4) is 0 Å². The summed E-state index contributed by atoms with van der Waals surface area (Å²) in [5.74, 6) is -1.37. The summed E-state index contributed by atoms with van der Waals surface area (Å²) >= 11 is 0. The Balaban J connectivity index is 2.41. The normalized spacial score (nSPS) is 23.3. The van der Waals surface area contributed by atoms with Gasteiger partial charge in [0.1, 0.15) is 5.67 Å². The van der Waals surface area contributed by atoms with Crippen molar-refractivity contribution in [1.29, 1.82) is 0 Å². The van der Waals surface area contributed by atoms with Crippen molar-refractivity contribution < 1.29 is 19.0 Å². The first kappa shape index (κ1) is 12.0. The van der Waals surface area contributed by atoms with Gasteiger partial charge in [0.05, 0.1) is 12.2 Å². The van der Waals surface area contributed by atoms with Crippen LogP contribution in [-0.2, 0) is 10.4 Å². The van der Waals surface area contributed by atoms with E-state index in [1.54, 1.807) is 18.2 Å². The molecular formula is C13H15FO3. The molecule has 2 rings (SSSR count). The average Bonchev–Trinajstić information content (AvgIpc) is 2.83. The molecule has 1 aromatic carbocycles. The van der Waals surface area contributed by atoms with Gasteiger partial charge in [0, 0.05) is 18.1 Å². The largest absolute Gasteiger partial charge is 0.478 e. The average molecular weight is 238 g/mol. The third-order valence-corrected chi connectivity index (χ3v) is 3.38. The van der Waals surface area contributed by atoms with Crippen LogP contribution < -0.4 is 0 Å². The minimum atomic E-state index is -1.66. The van der Waals surface area contributed by atoms with E-state index in [1.807, 2.05) is 0 Å². The van der Waals surface area contributed by atoms with E-state index in [2.05, 4.69) is 0 Å². The van der Waals surface area contributed by atoms with Gasteiger partial charge in [0.2, 0.25) is 0 Å². The minimum Gasteiger partial charge on any atom is -0.478 e. The Labute approximate surface area is 99.2 Å². The summed E-state index contributed by atoms with van der Waals surface area (Å²) in [5.41, 5.74) is -1.39. The van der Waals surface area contributed by atoms with Crippen LogP contribution in [0.25, 0.3) is 0 Å². The van der Waals surface area contributed by atoms with E-state index in [9.17, 15) is 9.18 Å². The number of alkyl halides is 1. The van der Waals surface area contributed by atoms with Gasteiger partial charge in [-0.2, -0.15) is 0 Å². The Kier molecular flexibility index (Phi) is 3.15. The van der Waals surface area contributed by atoms with Crippen molar-refractivity contribution in [2.24, 2.45) is 5.92 Å². The quantitative estimate of drug-likeness (QED) is 0.880. The summed E-state index contributed by atoms with van der Waals surface area (Å²) in [6.45, 7) is 2.33. The maximum atomic E-state index is 14.8. The Bertz CT molecular complexity index is 422. The van der Waals surface area contributed by atoms with E-state index in [1.165, 1.54) is 13.0 Å². The second kappa shape index (κ2) is 4.45. The van der Waals surface area contributed by atoms with E-state index in [-0.39, 0.29) is 17.0 Å². The number of carbonyl (C=O) groups is 1. The minimum absolute atomic E-state index is 0.0319. The molecule has 4 heteroatoms. The predicted octanol–water partition coefficient (Wildman–Crippen LogP) is 2.61. The molecule has 1 aliphatic heterocycles. The number of hydrogen-bond donors (Lipinski definition) is 1. The standard InChI is InChI=1S/C13H15FO3/c1-13(14,9-6-7-17-8-9)11-5-3-2-4-10(11)12(15)16/h2-5,9H,6-8H2,1H3,(H,15,16). The van der Waals surface area contributed by atoms with Gasteiger partial charge in [-0.15, -0.1) is 0 Å². The molecule has 1 N–H and O–H groups in total. The summed E-state index contributed by atoms with van der Waals surface area (Å²) in [6, 6.07) is 6.25. The highest BCUT2D eigenvalue weighted by atomic mass is 19.1. The Morgan fingerprint density at radius 1 is 1.53 bits per heavy atom. The summed E-state index contributed by atoms with van der Waals surface area (Å²) in [4.78, 5) is 11.1.